The maximum atomic E-state index is 9.78. The van der Waals surface area contributed by atoms with Gasteiger partial charge in [-0.2, -0.15) is 0 Å². The topological polar surface area (TPSA) is 53.5 Å². The maximum absolute atomic E-state index is 9.78. The van der Waals surface area contributed by atoms with Gasteiger partial charge in [-0.1, -0.05) is 49.2 Å². The molecule has 148 valence electrons. The first kappa shape index (κ1) is 21.3. The number of aromatic hydroxyl groups is 1. The molecule has 0 aromatic heterocycles. The molecular formula is C23H34N2O2. The van der Waals surface area contributed by atoms with Crippen LogP contribution < -0.4 is 15.4 Å². The van der Waals surface area contributed by atoms with Crippen LogP contribution in [0.1, 0.15) is 36.8 Å². The van der Waals surface area contributed by atoms with Crippen LogP contribution in [-0.4, -0.2) is 38.4 Å². The Bertz CT molecular complexity index is 632. The van der Waals surface area contributed by atoms with Crippen LogP contribution in [0.15, 0.2) is 48.5 Å². The molecule has 0 aliphatic heterocycles. The van der Waals surface area contributed by atoms with E-state index in [-0.39, 0.29) is 5.75 Å². The third-order valence-corrected chi connectivity index (χ3v) is 4.72. The van der Waals surface area contributed by atoms with E-state index < -0.39 is 0 Å². The van der Waals surface area contributed by atoms with Gasteiger partial charge in [-0.05, 0) is 75.1 Å². The number of methoxy groups -OCH3 is 1. The average Bonchev–Trinajstić information content (AvgIpc) is 2.69. The fourth-order valence-corrected chi connectivity index (χ4v) is 3.10. The van der Waals surface area contributed by atoms with Crippen molar-refractivity contribution in [1.82, 2.24) is 10.6 Å². The van der Waals surface area contributed by atoms with E-state index in [4.69, 9.17) is 4.74 Å². The Morgan fingerprint density at radius 2 is 1.37 bits per heavy atom. The second-order valence-electron chi connectivity index (χ2n) is 6.91. The zero-order valence-corrected chi connectivity index (χ0v) is 16.5. The Kier molecular flexibility index (Phi) is 10.4. The van der Waals surface area contributed by atoms with Crippen LogP contribution in [0.5, 0.6) is 11.5 Å². The smallest absolute Gasteiger partial charge is 0.160 e. The molecule has 0 aliphatic rings. The number of nitrogens with one attached hydrogen (secondary N) is 2. The van der Waals surface area contributed by atoms with Crippen molar-refractivity contribution in [3.8, 4) is 11.5 Å². The molecule has 0 bridgehead atoms. The third-order valence-electron chi connectivity index (χ3n) is 4.72. The molecule has 27 heavy (non-hydrogen) atoms. The summed E-state index contributed by atoms with van der Waals surface area (Å²) in [6.07, 6.45) is 7.06. The third kappa shape index (κ3) is 8.94. The Balaban J connectivity index is 1.38. The lowest BCUT2D eigenvalue weighted by Gasteiger charge is -2.08. The lowest BCUT2D eigenvalue weighted by atomic mass is 10.1. The van der Waals surface area contributed by atoms with Crippen molar-refractivity contribution < 1.29 is 9.84 Å². The number of hydrogen-bond acceptors (Lipinski definition) is 4. The molecule has 0 spiro atoms. The standard InChI is InChI=1S/C23H34N2O2/c1-27-23-12-11-21(19-22(23)26)14-18-25-16-8-3-2-7-15-24-17-13-20-9-5-4-6-10-20/h4-6,9-12,19,24-26H,2-3,7-8,13-18H2,1H3. The fraction of sp³-hybridized carbons (Fsp3) is 0.478. The molecule has 0 heterocycles. The van der Waals surface area contributed by atoms with E-state index >= 15 is 0 Å². The number of phenolic OH excluding ortho intramolecular Hbond substituents is 1. The zero-order chi connectivity index (χ0) is 19.2. The van der Waals surface area contributed by atoms with Gasteiger partial charge in [0.05, 0.1) is 7.11 Å². The molecule has 3 N–H and O–H groups in total. The largest absolute Gasteiger partial charge is 0.504 e. The molecule has 0 fully saturated rings. The van der Waals surface area contributed by atoms with E-state index in [2.05, 4.69) is 41.0 Å². The monoisotopic (exact) mass is 370 g/mol. The molecular weight excluding hydrogens is 336 g/mol. The Morgan fingerprint density at radius 1 is 0.741 bits per heavy atom. The van der Waals surface area contributed by atoms with Crippen molar-refractivity contribution in [3.63, 3.8) is 0 Å². The number of phenols is 1. The molecule has 4 heteroatoms. The van der Waals surface area contributed by atoms with Crippen molar-refractivity contribution in [3.05, 3.63) is 59.7 Å². The van der Waals surface area contributed by atoms with Crippen molar-refractivity contribution >= 4 is 0 Å². The second kappa shape index (κ2) is 13.2. The van der Waals surface area contributed by atoms with Gasteiger partial charge in [-0.25, -0.2) is 0 Å². The zero-order valence-electron chi connectivity index (χ0n) is 16.5. The molecule has 0 aliphatic carbocycles. The van der Waals surface area contributed by atoms with E-state index in [1.807, 2.05) is 12.1 Å². The number of unbranched alkanes of at least 4 members (excludes halogenated alkanes) is 3. The van der Waals surface area contributed by atoms with Crippen LogP contribution in [0.25, 0.3) is 0 Å². The molecule has 0 saturated carbocycles. The van der Waals surface area contributed by atoms with Crippen LogP contribution in [0.2, 0.25) is 0 Å². The van der Waals surface area contributed by atoms with Gasteiger partial charge < -0.3 is 20.5 Å². The molecule has 0 unspecified atom stereocenters. The van der Waals surface area contributed by atoms with Gasteiger partial charge >= 0.3 is 0 Å². The summed E-state index contributed by atoms with van der Waals surface area (Å²) in [5.41, 5.74) is 2.53. The second-order valence-corrected chi connectivity index (χ2v) is 6.91. The number of benzene rings is 2. The van der Waals surface area contributed by atoms with Gasteiger partial charge in [0.15, 0.2) is 11.5 Å². The van der Waals surface area contributed by atoms with Crippen LogP contribution in [0, 0.1) is 0 Å². The minimum atomic E-state index is 0.215. The molecule has 2 aromatic carbocycles. The molecule has 0 amide bonds. The van der Waals surface area contributed by atoms with Gasteiger partial charge in [-0.15, -0.1) is 0 Å². The number of rotatable bonds is 14. The number of hydrogen-bond donors (Lipinski definition) is 3. The Hall–Kier alpha value is -2.04. The highest BCUT2D eigenvalue weighted by atomic mass is 16.5. The highest BCUT2D eigenvalue weighted by molar-refractivity contribution is 5.41. The van der Waals surface area contributed by atoms with Gasteiger partial charge in [0, 0.05) is 0 Å². The summed E-state index contributed by atoms with van der Waals surface area (Å²) < 4.78 is 5.06. The van der Waals surface area contributed by atoms with Crippen molar-refractivity contribution in [2.24, 2.45) is 0 Å². The van der Waals surface area contributed by atoms with Crippen LogP contribution in [0.3, 0.4) is 0 Å². The lowest BCUT2D eigenvalue weighted by molar-refractivity contribution is 0.373. The van der Waals surface area contributed by atoms with Crippen molar-refractivity contribution in [2.45, 2.75) is 38.5 Å². The molecule has 0 radical (unpaired) electrons. The van der Waals surface area contributed by atoms with Gasteiger partial charge in [0.2, 0.25) is 0 Å². The Morgan fingerprint density at radius 3 is 1.96 bits per heavy atom. The number of ether oxygens (including phenoxy) is 1. The molecule has 0 saturated heterocycles. The summed E-state index contributed by atoms with van der Waals surface area (Å²) in [6.45, 7) is 4.17. The van der Waals surface area contributed by atoms with Crippen LogP contribution in [0.4, 0.5) is 0 Å². The molecule has 2 rings (SSSR count). The lowest BCUT2D eigenvalue weighted by Crippen LogP contribution is -2.19. The van der Waals surface area contributed by atoms with Gasteiger partial charge in [0.1, 0.15) is 0 Å². The first-order valence-electron chi connectivity index (χ1n) is 10.1. The maximum Gasteiger partial charge on any atom is 0.160 e. The Labute approximate surface area is 164 Å². The average molecular weight is 371 g/mol. The van der Waals surface area contributed by atoms with E-state index in [1.54, 1.807) is 13.2 Å². The SMILES string of the molecule is COc1ccc(CCNCCCCCCNCCc2ccccc2)cc1O. The summed E-state index contributed by atoms with van der Waals surface area (Å²) in [4.78, 5) is 0. The first-order valence-corrected chi connectivity index (χ1v) is 10.1. The molecule has 2 aromatic rings. The molecule has 4 nitrogen and oxygen atoms in total. The summed E-state index contributed by atoms with van der Waals surface area (Å²) in [7, 11) is 1.57. The van der Waals surface area contributed by atoms with Crippen LogP contribution >= 0.6 is 0 Å². The summed E-state index contributed by atoms with van der Waals surface area (Å²) in [6, 6.07) is 16.2. The van der Waals surface area contributed by atoms with Gasteiger partial charge in [0.25, 0.3) is 0 Å². The summed E-state index contributed by atoms with van der Waals surface area (Å²) in [5.74, 6) is 0.744. The van der Waals surface area contributed by atoms with Crippen molar-refractivity contribution in [2.75, 3.05) is 33.3 Å². The van der Waals surface area contributed by atoms with E-state index in [0.717, 1.165) is 44.6 Å². The van der Waals surface area contributed by atoms with E-state index in [0.29, 0.717) is 5.75 Å². The molecule has 0 atom stereocenters. The predicted octanol–water partition coefficient (Wildman–Crippen LogP) is 3.93. The van der Waals surface area contributed by atoms with Gasteiger partial charge in [-0.3, -0.25) is 0 Å². The first-order chi connectivity index (χ1) is 13.3. The predicted molar refractivity (Wildman–Crippen MR) is 113 cm³/mol. The quantitative estimate of drug-likeness (QED) is 0.441. The highest BCUT2D eigenvalue weighted by Gasteiger charge is 2.02. The minimum absolute atomic E-state index is 0.215. The minimum Gasteiger partial charge on any atom is -0.504 e. The van der Waals surface area contributed by atoms with Crippen LogP contribution in [-0.2, 0) is 12.8 Å². The normalized spacial score (nSPS) is 10.9. The van der Waals surface area contributed by atoms with E-state index in [1.165, 1.54) is 31.2 Å². The summed E-state index contributed by atoms with van der Waals surface area (Å²) >= 11 is 0. The summed E-state index contributed by atoms with van der Waals surface area (Å²) in [5, 5.41) is 16.8. The fourth-order valence-electron chi connectivity index (χ4n) is 3.10. The van der Waals surface area contributed by atoms with Crippen molar-refractivity contribution in [1.29, 1.82) is 0 Å². The van der Waals surface area contributed by atoms with E-state index in [9.17, 15) is 5.11 Å². The highest BCUT2D eigenvalue weighted by Crippen LogP contribution is 2.26.